The van der Waals surface area contributed by atoms with Gasteiger partial charge in [-0.25, -0.2) is 0 Å². The van der Waals surface area contributed by atoms with Crippen molar-refractivity contribution >= 4 is 22.4 Å². The van der Waals surface area contributed by atoms with Crippen LogP contribution in [0.3, 0.4) is 0 Å². The lowest BCUT2D eigenvalue weighted by molar-refractivity contribution is -0.121. The van der Waals surface area contributed by atoms with E-state index in [2.05, 4.69) is 15.2 Å². The first kappa shape index (κ1) is 15.5. The van der Waals surface area contributed by atoms with Gasteiger partial charge in [0.25, 0.3) is 0 Å². The van der Waals surface area contributed by atoms with Crippen molar-refractivity contribution in [3.63, 3.8) is 0 Å². The van der Waals surface area contributed by atoms with Crippen molar-refractivity contribution in [3.05, 3.63) is 24.5 Å². The van der Waals surface area contributed by atoms with Crippen LogP contribution < -0.4 is 4.90 Å². The van der Waals surface area contributed by atoms with Gasteiger partial charge in [-0.2, -0.15) is 0 Å². The summed E-state index contributed by atoms with van der Waals surface area (Å²) < 4.78 is 5.07. The average Bonchev–Trinajstić information content (AvgIpc) is 2.98. The van der Waals surface area contributed by atoms with E-state index in [4.69, 9.17) is 4.74 Å². The minimum absolute atomic E-state index is 0.0148. The second-order valence-corrected chi connectivity index (χ2v) is 5.72. The maximum Gasteiger partial charge on any atom is 0.231 e. The highest BCUT2D eigenvalue weighted by molar-refractivity contribution is 7.18. The van der Waals surface area contributed by atoms with Gasteiger partial charge >= 0.3 is 0 Å². The summed E-state index contributed by atoms with van der Waals surface area (Å²) in [6, 6.07) is 3.76. The van der Waals surface area contributed by atoms with Gasteiger partial charge < -0.3 is 4.74 Å². The molecule has 0 unspecified atom stereocenters. The highest BCUT2D eigenvalue weighted by atomic mass is 32.1. The Morgan fingerprint density at radius 3 is 2.86 bits per heavy atom. The number of hydrogen-bond acceptors (Lipinski definition) is 6. The number of methoxy groups -OCH3 is 1. The molecule has 0 aliphatic carbocycles. The van der Waals surface area contributed by atoms with Crippen molar-refractivity contribution in [2.45, 2.75) is 13.8 Å². The maximum absolute atomic E-state index is 12.3. The van der Waals surface area contributed by atoms with Crippen LogP contribution >= 0.6 is 11.3 Å². The third-order valence-corrected chi connectivity index (χ3v) is 3.83. The molecule has 0 spiro atoms. The molecule has 112 valence electrons. The van der Waals surface area contributed by atoms with E-state index in [0.29, 0.717) is 18.3 Å². The van der Waals surface area contributed by atoms with Crippen LogP contribution in [0.15, 0.2) is 24.5 Å². The second-order valence-electron chi connectivity index (χ2n) is 4.77. The highest BCUT2D eigenvalue weighted by Crippen LogP contribution is 2.28. The Hall–Kier alpha value is -1.86. The van der Waals surface area contributed by atoms with Gasteiger partial charge in [0.05, 0.1) is 13.2 Å². The lowest BCUT2D eigenvalue weighted by Crippen LogP contribution is -2.36. The van der Waals surface area contributed by atoms with Crippen LogP contribution in [-0.4, -0.2) is 41.3 Å². The fraction of sp³-hybridized carbons (Fsp3) is 0.429. The molecule has 1 amide bonds. The first-order valence-corrected chi connectivity index (χ1v) is 7.49. The smallest absolute Gasteiger partial charge is 0.231 e. The zero-order chi connectivity index (χ0) is 15.2. The molecule has 2 heterocycles. The molecule has 0 saturated heterocycles. The second kappa shape index (κ2) is 7.24. The maximum atomic E-state index is 12.3. The molecule has 2 aromatic heterocycles. The quantitative estimate of drug-likeness (QED) is 0.818. The average molecular weight is 306 g/mol. The lowest BCUT2D eigenvalue weighted by atomic mass is 10.2. The van der Waals surface area contributed by atoms with Crippen molar-refractivity contribution in [2.24, 2.45) is 5.92 Å². The standard InChI is InChI=1S/C14H18N4O2S/c1-10(2)13(19)18(7-8-20-3)14-17-16-12(21-14)11-5-4-6-15-9-11/h4-6,9-10H,7-8H2,1-3H3. The number of hydrogen-bond donors (Lipinski definition) is 0. The van der Waals surface area contributed by atoms with E-state index in [1.165, 1.54) is 11.3 Å². The third kappa shape index (κ3) is 3.83. The summed E-state index contributed by atoms with van der Waals surface area (Å²) >= 11 is 1.38. The molecule has 0 saturated carbocycles. The Bertz CT molecular complexity index is 586. The van der Waals surface area contributed by atoms with Crippen LogP contribution in [0.4, 0.5) is 5.13 Å². The summed E-state index contributed by atoms with van der Waals surface area (Å²) in [5.41, 5.74) is 0.893. The molecule has 0 aliphatic heterocycles. The third-order valence-electron chi connectivity index (χ3n) is 2.83. The van der Waals surface area contributed by atoms with Crippen LogP contribution in [0.25, 0.3) is 10.6 Å². The molecule has 2 aromatic rings. The minimum atomic E-state index is -0.104. The Morgan fingerprint density at radius 1 is 1.43 bits per heavy atom. The van der Waals surface area contributed by atoms with Gasteiger partial charge in [0.1, 0.15) is 0 Å². The number of anilines is 1. The van der Waals surface area contributed by atoms with E-state index >= 15 is 0 Å². The summed E-state index contributed by atoms with van der Waals surface area (Å²) in [6.07, 6.45) is 3.44. The molecule has 0 N–H and O–H groups in total. The zero-order valence-electron chi connectivity index (χ0n) is 12.3. The van der Waals surface area contributed by atoms with Crippen LogP contribution in [0.5, 0.6) is 0 Å². The molecule has 21 heavy (non-hydrogen) atoms. The predicted molar refractivity (Wildman–Crippen MR) is 82.2 cm³/mol. The topological polar surface area (TPSA) is 68.2 Å². The molecule has 0 aliphatic rings. The molecule has 0 radical (unpaired) electrons. The SMILES string of the molecule is COCCN(C(=O)C(C)C)c1nnc(-c2cccnc2)s1. The number of rotatable bonds is 6. The fourth-order valence-electron chi connectivity index (χ4n) is 1.72. The molecule has 0 fully saturated rings. The van der Waals surface area contributed by atoms with E-state index in [9.17, 15) is 4.79 Å². The zero-order valence-corrected chi connectivity index (χ0v) is 13.1. The summed E-state index contributed by atoms with van der Waals surface area (Å²) in [5, 5.41) is 9.63. The van der Waals surface area contributed by atoms with E-state index in [1.807, 2.05) is 26.0 Å². The van der Waals surface area contributed by atoms with Gasteiger partial charge in [-0.05, 0) is 12.1 Å². The van der Waals surface area contributed by atoms with Crippen LogP contribution in [0.2, 0.25) is 0 Å². The summed E-state index contributed by atoms with van der Waals surface area (Å²) in [7, 11) is 1.61. The molecule has 0 atom stereocenters. The van der Waals surface area contributed by atoms with E-state index < -0.39 is 0 Å². The predicted octanol–water partition coefficient (Wildman–Crippen LogP) is 2.24. The van der Waals surface area contributed by atoms with E-state index in [0.717, 1.165) is 10.6 Å². The fourth-order valence-corrected chi connectivity index (χ4v) is 2.59. The van der Waals surface area contributed by atoms with Crippen molar-refractivity contribution in [1.82, 2.24) is 15.2 Å². The van der Waals surface area contributed by atoms with Crippen LogP contribution in [-0.2, 0) is 9.53 Å². The summed E-state index contributed by atoms with van der Waals surface area (Å²) in [5.74, 6) is -0.0893. The van der Waals surface area contributed by atoms with Gasteiger partial charge in [-0.1, -0.05) is 25.2 Å². The monoisotopic (exact) mass is 306 g/mol. The first-order chi connectivity index (χ1) is 10.1. The molecular formula is C14H18N4O2S. The Kier molecular flexibility index (Phi) is 5.35. The van der Waals surface area contributed by atoms with Crippen molar-refractivity contribution in [3.8, 4) is 10.6 Å². The van der Waals surface area contributed by atoms with Crippen molar-refractivity contribution < 1.29 is 9.53 Å². The van der Waals surface area contributed by atoms with Gasteiger partial charge in [0.2, 0.25) is 11.0 Å². The Labute approximate surface area is 127 Å². The Morgan fingerprint density at radius 2 is 2.24 bits per heavy atom. The molecule has 0 bridgehead atoms. The number of amides is 1. The molecule has 6 nitrogen and oxygen atoms in total. The number of nitrogens with zero attached hydrogens (tertiary/aromatic N) is 4. The number of pyridine rings is 1. The van der Waals surface area contributed by atoms with Gasteiger partial charge in [0, 0.05) is 31.0 Å². The van der Waals surface area contributed by atoms with Crippen molar-refractivity contribution in [2.75, 3.05) is 25.2 Å². The summed E-state index contributed by atoms with van der Waals surface area (Å²) in [6.45, 7) is 4.66. The van der Waals surface area contributed by atoms with Crippen molar-refractivity contribution in [1.29, 1.82) is 0 Å². The molecule has 7 heteroatoms. The van der Waals surface area contributed by atoms with Gasteiger partial charge in [0.15, 0.2) is 5.01 Å². The molecule has 2 rings (SSSR count). The van der Waals surface area contributed by atoms with E-state index in [1.54, 1.807) is 24.4 Å². The minimum Gasteiger partial charge on any atom is -0.383 e. The van der Waals surface area contributed by atoms with Crippen LogP contribution in [0, 0.1) is 5.92 Å². The largest absolute Gasteiger partial charge is 0.383 e. The lowest BCUT2D eigenvalue weighted by Gasteiger charge is -2.20. The Balaban J connectivity index is 2.25. The van der Waals surface area contributed by atoms with Gasteiger partial charge in [-0.15, -0.1) is 10.2 Å². The number of carbonyl (C=O) groups is 1. The van der Waals surface area contributed by atoms with E-state index in [-0.39, 0.29) is 11.8 Å². The molecule has 0 aromatic carbocycles. The van der Waals surface area contributed by atoms with Gasteiger partial charge in [-0.3, -0.25) is 14.7 Å². The molecular weight excluding hydrogens is 288 g/mol. The summed E-state index contributed by atoms with van der Waals surface area (Å²) in [4.78, 5) is 18.0. The van der Waals surface area contributed by atoms with Crippen LogP contribution in [0.1, 0.15) is 13.8 Å². The normalized spacial score (nSPS) is 10.9. The number of carbonyl (C=O) groups excluding carboxylic acids is 1. The number of ether oxygens (including phenoxy) is 1. The highest BCUT2D eigenvalue weighted by Gasteiger charge is 2.22. The number of aromatic nitrogens is 3. The first-order valence-electron chi connectivity index (χ1n) is 6.67.